The molecule has 0 saturated carbocycles. The number of nitrogens with zero attached hydrogens (tertiary/aromatic N) is 1. The van der Waals surface area contributed by atoms with Gasteiger partial charge in [0.25, 0.3) is 0 Å². The van der Waals surface area contributed by atoms with Crippen molar-refractivity contribution in [3.05, 3.63) is 34.5 Å². The molecule has 0 amide bonds. The summed E-state index contributed by atoms with van der Waals surface area (Å²) in [7, 11) is 0. The Morgan fingerprint density at radius 1 is 1.40 bits per heavy atom. The number of esters is 1. The molecule has 1 heterocycles. The van der Waals surface area contributed by atoms with Gasteiger partial charge in [0.1, 0.15) is 5.56 Å². The number of rotatable bonds is 4. The van der Waals surface area contributed by atoms with E-state index in [-0.39, 0.29) is 0 Å². The second-order valence-corrected chi connectivity index (χ2v) is 4.79. The third-order valence-electron chi connectivity index (χ3n) is 3.02. The Morgan fingerprint density at radius 3 is 2.80 bits per heavy atom. The molecule has 1 N–H and O–H groups in total. The molecule has 1 aromatic heterocycles. The predicted octanol–water partition coefficient (Wildman–Crippen LogP) is 3.81. The number of pyridine rings is 1. The Hall–Kier alpha value is -1.81. The molecule has 2 aromatic rings. The Bertz CT molecular complexity index is 656. The van der Waals surface area contributed by atoms with Crippen molar-refractivity contribution in [2.45, 2.75) is 20.8 Å². The number of anilines is 1. The third kappa shape index (κ3) is 2.56. The number of carbonyl (C=O) groups is 1. The van der Waals surface area contributed by atoms with Crippen LogP contribution in [0.5, 0.6) is 0 Å². The first-order valence-electron chi connectivity index (χ1n) is 6.58. The number of carbonyl (C=O) groups excluding carboxylic acids is 1. The van der Waals surface area contributed by atoms with Gasteiger partial charge >= 0.3 is 5.97 Å². The lowest BCUT2D eigenvalue weighted by Crippen LogP contribution is -2.11. The summed E-state index contributed by atoms with van der Waals surface area (Å²) < 4.78 is 5.07. The molecular formula is C15H17ClN2O2. The summed E-state index contributed by atoms with van der Waals surface area (Å²) in [6.45, 7) is 6.70. The Morgan fingerprint density at radius 2 is 2.15 bits per heavy atom. The summed E-state index contributed by atoms with van der Waals surface area (Å²) in [5.41, 5.74) is 2.90. The topological polar surface area (TPSA) is 51.2 Å². The van der Waals surface area contributed by atoms with Crippen LogP contribution in [0.4, 0.5) is 5.69 Å². The molecule has 0 aliphatic carbocycles. The molecule has 0 radical (unpaired) electrons. The van der Waals surface area contributed by atoms with Crippen LogP contribution in [0.3, 0.4) is 0 Å². The van der Waals surface area contributed by atoms with E-state index in [1.54, 1.807) is 13.1 Å². The zero-order valence-electron chi connectivity index (χ0n) is 11.8. The highest BCUT2D eigenvalue weighted by atomic mass is 35.5. The van der Waals surface area contributed by atoms with Crippen LogP contribution in [0.25, 0.3) is 10.9 Å². The van der Waals surface area contributed by atoms with E-state index >= 15 is 0 Å². The fourth-order valence-electron chi connectivity index (χ4n) is 2.13. The van der Waals surface area contributed by atoms with E-state index in [1.807, 2.05) is 26.0 Å². The van der Waals surface area contributed by atoms with Gasteiger partial charge in [-0.25, -0.2) is 4.79 Å². The maximum Gasteiger partial charge on any atom is 0.341 e. The van der Waals surface area contributed by atoms with Gasteiger partial charge in [0.2, 0.25) is 0 Å². The minimum Gasteiger partial charge on any atom is -0.462 e. The second kappa shape index (κ2) is 6.09. The van der Waals surface area contributed by atoms with Crippen LogP contribution in [0.2, 0.25) is 5.02 Å². The molecule has 0 fully saturated rings. The van der Waals surface area contributed by atoms with Gasteiger partial charge in [0.15, 0.2) is 0 Å². The van der Waals surface area contributed by atoms with Crippen LogP contribution in [0.15, 0.2) is 18.3 Å². The molecule has 5 heteroatoms. The first-order chi connectivity index (χ1) is 9.60. The van der Waals surface area contributed by atoms with Crippen LogP contribution in [0.1, 0.15) is 29.8 Å². The van der Waals surface area contributed by atoms with Crippen LogP contribution in [-0.2, 0) is 4.74 Å². The summed E-state index contributed by atoms with van der Waals surface area (Å²) in [5.74, 6) is -0.393. The van der Waals surface area contributed by atoms with Crippen molar-refractivity contribution in [3.63, 3.8) is 0 Å². The second-order valence-electron chi connectivity index (χ2n) is 4.39. The largest absolute Gasteiger partial charge is 0.462 e. The van der Waals surface area contributed by atoms with Gasteiger partial charge < -0.3 is 10.1 Å². The lowest BCUT2D eigenvalue weighted by Gasteiger charge is -2.14. The van der Waals surface area contributed by atoms with Gasteiger partial charge in [-0.3, -0.25) is 4.98 Å². The molecule has 0 bridgehead atoms. The molecule has 4 nitrogen and oxygen atoms in total. The van der Waals surface area contributed by atoms with E-state index in [0.717, 1.165) is 16.5 Å². The molecule has 0 aliphatic rings. The molecule has 2 rings (SSSR count). The Labute approximate surface area is 123 Å². The van der Waals surface area contributed by atoms with Crippen molar-refractivity contribution >= 4 is 34.2 Å². The van der Waals surface area contributed by atoms with Crippen LogP contribution < -0.4 is 5.32 Å². The van der Waals surface area contributed by atoms with Crippen molar-refractivity contribution in [1.82, 2.24) is 4.98 Å². The number of aryl methyl sites for hydroxylation is 1. The average molecular weight is 293 g/mol. The predicted molar refractivity (Wildman–Crippen MR) is 81.6 cm³/mol. The van der Waals surface area contributed by atoms with Gasteiger partial charge in [-0.05, 0) is 32.4 Å². The fourth-order valence-corrected chi connectivity index (χ4v) is 2.37. The van der Waals surface area contributed by atoms with Crippen molar-refractivity contribution in [2.24, 2.45) is 0 Å². The zero-order valence-corrected chi connectivity index (χ0v) is 12.5. The fraction of sp³-hybridized carbons (Fsp3) is 0.333. The Balaban J connectivity index is 2.74. The Kier molecular flexibility index (Phi) is 4.45. The third-order valence-corrected chi connectivity index (χ3v) is 3.33. The standard InChI is InChI=1S/C15H17ClN2O2/c1-4-17-14-10(15(19)20-5-2)8-18-13-9(3)6-7-11(16)12(13)14/h6-8H,4-5H2,1-3H3,(H,17,18). The van der Waals surface area contributed by atoms with Crippen molar-refractivity contribution < 1.29 is 9.53 Å². The lowest BCUT2D eigenvalue weighted by molar-refractivity contribution is 0.0527. The van der Waals surface area contributed by atoms with Crippen molar-refractivity contribution in [3.8, 4) is 0 Å². The van der Waals surface area contributed by atoms with Gasteiger partial charge in [0, 0.05) is 18.1 Å². The summed E-state index contributed by atoms with van der Waals surface area (Å²) in [6, 6.07) is 3.73. The highest BCUT2D eigenvalue weighted by Crippen LogP contribution is 2.34. The maximum atomic E-state index is 12.0. The first kappa shape index (κ1) is 14.6. The van der Waals surface area contributed by atoms with Gasteiger partial charge in [0.05, 0.1) is 22.8 Å². The van der Waals surface area contributed by atoms with E-state index in [9.17, 15) is 4.79 Å². The number of ether oxygens (including phenoxy) is 1. The molecule has 0 saturated heterocycles. The first-order valence-corrected chi connectivity index (χ1v) is 6.96. The molecular weight excluding hydrogens is 276 g/mol. The number of halogens is 1. The molecule has 0 unspecified atom stereocenters. The molecule has 1 aromatic carbocycles. The summed E-state index contributed by atoms with van der Waals surface area (Å²) in [4.78, 5) is 16.4. The van der Waals surface area contributed by atoms with Gasteiger partial charge in [-0.15, -0.1) is 0 Å². The van der Waals surface area contributed by atoms with E-state index in [0.29, 0.717) is 29.4 Å². The van der Waals surface area contributed by atoms with Crippen LogP contribution in [-0.4, -0.2) is 24.1 Å². The quantitative estimate of drug-likeness (QED) is 0.871. The average Bonchev–Trinajstić information content (AvgIpc) is 2.43. The van der Waals surface area contributed by atoms with E-state index in [1.165, 1.54) is 0 Å². The monoisotopic (exact) mass is 292 g/mol. The minimum atomic E-state index is -0.393. The summed E-state index contributed by atoms with van der Waals surface area (Å²) >= 11 is 6.29. The van der Waals surface area contributed by atoms with E-state index in [2.05, 4.69) is 10.3 Å². The van der Waals surface area contributed by atoms with E-state index < -0.39 is 5.97 Å². The normalized spacial score (nSPS) is 10.6. The molecule has 106 valence electrons. The number of hydrogen-bond acceptors (Lipinski definition) is 4. The van der Waals surface area contributed by atoms with Gasteiger partial charge in [-0.1, -0.05) is 17.7 Å². The summed E-state index contributed by atoms with van der Waals surface area (Å²) in [5, 5.41) is 4.53. The van der Waals surface area contributed by atoms with Crippen LogP contribution >= 0.6 is 11.6 Å². The lowest BCUT2D eigenvalue weighted by atomic mass is 10.1. The highest BCUT2D eigenvalue weighted by molar-refractivity contribution is 6.37. The minimum absolute atomic E-state index is 0.323. The molecule has 0 aliphatic heterocycles. The number of hydrogen-bond donors (Lipinski definition) is 1. The number of fused-ring (bicyclic) bond motifs is 1. The summed E-state index contributed by atoms with van der Waals surface area (Å²) in [6.07, 6.45) is 1.54. The van der Waals surface area contributed by atoms with Crippen molar-refractivity contribution in [2.75, 3.05) is 18.5 Å². The SMILES string of the molecule is CCNc1c(C(=O)OCC)cnc2c(C)ccc(Cl)c12. The molecule has 0 spiro atoms. The van der Waals surface area contributed by atoms with E-state index in [4.69, 9.17) is 16.3 Å². The number of aromatic nitrogens is 1. The van der Waals surface area contributed by atoms with Gasteiger partial charge in [-0.2, -0.15) is 0 Å². The smallest absolute Gasteiger partial charge is 0.341 e. The molecule has 0 atom stereocenters. The highest BCUT2D eigenvalue weighted by Gasteiger charge is 2.18. The maximum absolute atomic E-state index is 12.0. The zero-order chi connectivity index (χ0) is 14.7. The molecule has 20 heavy (non-hydrogen) atoms. The number of benzene rings is 1. The number of nitrogens with one attached hydrogen (secondary N) is 1. The van der Waals surface area contributed by atoms with Crippen LogP contribution in [0, 0.1) is 6.92 Å². The van der Waals surface area contributed by atoms with Crippen molar-refractivity contribution in [1.29, 1.82) is 0 Å².